The number of hydrogen-bond donors (Lipinski definition) is 1. The van der Waals surface area contributed by atoms with Crippen molar-refractivity contribution in [2.45, 2.75) is 36.7 Å². The van der Waals surface area contributed by atoms with E-state index in [1.807, 2.05) is 19.1 Å². The molecule has 0 fully saturated rings. The number of dihydropyridines is 1. The van der Waals surface area contributed by atoms with Crippen molar-refractivity contribution in [3.05, 3.63) is 95.5 Å². The van der Waals surface area contributed by atoms with E-state index in [2.05, 4.69) is 81.6 Å². The molecular formula is C26H25ClN6S. The number of allylic oxidation sites excluding steroid dienone is 8. The molecule has 0 atom stereocenters. The first-order valence-electron chi connectivity index (χ1n) is 11.2. The van der Waals surface area contributed by atoms with E-state index in [4.69, 9.17) is 16.6 Å². The highest BCUT2D eigenvalue weighted by Gasteiger charge is 2.22. The summed E-state index contributed by atoms with van der Waals surface area (Å²) < 4.78 is 4.08. The molecule has 1 aliphatic heterocycles. The van der Waals surface area contributed by atoms with Crippen molar-refractivity contribution in [1.29, 1.82) is 0 Å². The second-order valence-electron chi connectivity index (χ2n) is 7.91. The van der Waals surface area contributed by atoms with E-state index in [0.717, 1.165) is 68.8 Å². The smallest absolute Gasteiger partial charge is 0.157 e. The molecule has 8 heteroatoms. The molecular weight excluding hydrogens is 464 g/mol. The van der Waals surface area contributed by atoms with Crippen LogP contribution in [0.1, 0.15) is 30.7 Å². The Kier molecular flexibility index (Phi) is 6.56. The predicted octanol–water partition coefficient (Wildman–Crippen LogP) is 5.99. The largest absolute Gasteiger partial charge is 0.379 e. The fourth-order valence-corrected chi connectivity index (χ4v) is 5.11. The van der Waals surface area contributed by atoms with Gasteiger partial charge >= 0.3 is 0 Å². The molecule has 2 aromatic heterocycles. The van der Waals surface area contributed by atoms with Crippen LogP contribution in [0.5, 0.6) is 0 Å². The zero-order valence-electron chi connectivity index (χ0n) is 19.1. The van der Waals surface area contributed by atoms with E-state index in [-0.39, 0.29) is 0 Å². The summed E-state index contributed by atoms with van der Waals surface area (Å²) in [5, 5.41) is 9.76. The van der Waals surface area contributed by atoms with Gasteiger partial charge in [-0.25, -0.2) is 14.6 Å². The molecule has 1 aliphatic carbocycles. The van der Waals surface area contributed by atoms with Gasteiger partial charge in [-0.3, -0.25) is 0 Å². The maximum atomic E-state index is 6.13. The van der Waals surface area contributed by atoms with Gasteiger partial charge in [0.25, 0.3) is 0 Å². The first-order chi connectivity index (χ1) is 16.6. The number of nitrogens with one attached hydrogen (secondary N) is 1. The number of nitrogens with zero attached hydrogens (tertiary/aromatic N) is 5. The van der Waals surface area contributed by atoms with E-state index in [1.165, 1.54) is 0 Å². The van der Waals surface area contributed by atoms with E-state index in [1.54, 1.807) is 22.8 Å². The van der Waals surface area contributed by atoms with Crippen LogP contribution in [-0.2, 0) is 6.54 Å². The topological polar surface area (TPSA) is 60.6 Å². The summed E-state index contributed by atoms with van der Waals surface area (Å²) in [5.41, 5.74) is 4.15. The summed E-state index contributed by atoms with van der Waals surface area (Å²) >= 11 is 7.85. The molecule has 0 bridgehead atoms. The molecule has 5 rings (SSSR count). The first kappa shape index (κ1) is 22.5. The summed E-state index contributed by atoms with van der Waals surface area (Å²) in [7, 11) is 0. The van der Waals surface area contributed by atoms with Crippen molar-refractivity contribution in [3.8, 4) is 0 Å². The molecule has 3 heterocycles. The molecule has 34 heavy (non-hydrogen) atoms. The molecule has 172 valence electrons. The van der Waals surface area contributed by atoms with Crippen LogP contribution in [0.3, 0.4) is 0 Å². The molecule has 1 aromatic carbocycles. The minimum atomic E-state index is 0.732. The Balaban J connectivity index is 1.60. The van der Waals surface area contributed by atoms with Crippen LogP contribution in [0.15, 0.2) is 83.0 Å². The molecule has 0 saturated carbocycles. The van der Waals surface area contributed by atoms with Crippen LogP contribution in [0.2, 0.25) is 5.02 Å². The minimum Gasteiger partial charge on any atom is -0.379 e. The van der Waals surface area contributed by atoms with Crippen molar-refractivity contribution in [2.75, 3.05) is 6.54 Å². The van der Waals surface area contributed by atoms with Crippen molar-refractivity contribution in [1.82, 2.24) is 29.6 Å². The van der Waals surface area contributed by atoms with Gasteiger partial charge < -0.3 is 9.88 Å². The lowest BCUT2D eigenvalue weighted by atomic mass is 10.1. The third-order valence-electron chi connectivity index (χ3n) is 5.57. The van der Waals surface area contributed by atoms with Crippen LogP contribution >= 0.6 is 23.4 Å². The standard InChI is InChI=1S/C26H25ClN6S/c1-3-32-25(23-9-4-5-16-28-23)30-24(26(32)34-22-14-11-20(27)12-15-22)19-7-6-8-21(13-10-19)33-17-29-18(2)31-33/h4-6,8-15,17,28H,3,7,16H2,1-2H3. The zero-order valence-corrected chi connectivity index (χ0v) is 20.6. The third-order valence-corrected chi connectivity index (χ3v) is 6.94. The van der Waals surface area contributed by atoms with Crippen LogP contribution < -0.4 is 5.32 Å². The third kappa shape index (κ3) is 4.67. The highest BCUT2D eigenvalue weighted by atomic mass is 35.5. The number of halogens is 1. The Morgan fingerprint density at radius 1 is 1.12 bits per heavy atom. The summed E-state index contributed by atoms with van der Waals surface area (Å²) in [6.07, 6.45) is 17.2. The normalized spacial score (nSPS) is 15.4. The van der Waals surface area contributed by atoms with Crippen molar-refractivity contribution in [2.24, 2.45) is 0 Å². The monoisotopic (exact) mass is 488 g/mol. The second-order valence-corrected chi connectivity index (χ2v) is 9.40. The van der Waals surface area contributed by atoms with Gasteiger partial charge in [0.05, 0.1) is 17.1 Å². The lowest BCUT2D eigenvalue weighted by Crippen LogP contribution is -2.18. The zero-order chi connectivity index (χ0) is 23.5. The summed E-state index contributed by atoms with van der Waals surface area (Å²) in [6.45, 7) is 5.66. The summed E-state index contributed by atoms with van der Waals surface area (Å²) in [5.74, 6) is 1.70. The van der Waals surface area contributed by atoms with Gasteiger partial charge in [-0.1, -0.05) is 47.7 Å². The van der Waals surface area contributed by atoms with Gasteiger partial charge in [-0.05, 0) is 68.3 Å². The molecule has 3 aromatic rings. The van der Waals surface area contributed by atoms with Crippen LogP contribution in [0, 0.1) is 6.92 Å². The lowest BCUT2D eigenvalue weighted by Gasteiger charge is -2.14. The molecule has 0 spiro atoms. The van der Waals surface area contributed by atoms with Gasteiger partial charge in [0, 0.05) is 23.0 Å². The number of rotatable bonds is 6. The highest BCUT2D eigenvalue weighted by Crippen LogP contribution is 2.38. The minimum absolute atomic E-state index is 0.732. The predicted molar refractivity (Wildman–Crippen MR) is 139 cm³/mol. The summed E-state index contributed by atoms with van der Waals surface area (Å²) in [4.78, 5) is 10.5. The first-order valence-corrected chi connectivity index (χ1v) is 12.4. The van der Waals surface area contributed by atoms with E-state index >= 15 is 0 Å². The number of imidazole rings is 1. The van der Waals surface area contributed by atoms with Crippen molar-refractivity contribution < 1.29 is 0 Å². The molecule has 0 amide bonds. The van der Waals surface area contributed by atoms with Crippen molar-refractivity contribution in [3.63, 3.8) is 0 Å². The van der Waals surface area contributed by atoms with Gasteiger partial charge in [0.15, 0.2) is 5.82 Å². The fourth-order valence-electron chi connectivity index (χ4n) is 3.89. The lowest BCUT2D eigenvalue weighted by molar-refractivity contribution is 0.682. The van der Waals surface area contributed by atoms with Gasteiger partial charge in [0.1, 0.15) is 17.2 Å². The van der Waals surface area contributed by atoms with Gasteiger partial charge in [0.2, 0.25) is 0 Å². The highest BCUT2D eigenvalue weighted by molar-refractivity contribution is 7.99. The Morgan fingerprint density at radius 3 is 2.68 bits per heavy atom. The number of aromatic nitrogens is 5. The SMILES string of the molecule is CCn1c(C2=CC=CCN2)nc(C2=CC=C(n3cnc(C)n3)C=CC2)c1Sc1ccc(Cl)cc1. The average Bonchev–Trinajstić information content (AvgIpc) is 3.36. The Hall–Kier alpha value is -3.29. The molecule has 6 nitrogen and oxygen atoms in total. The number of hydrogen-bond acceptors (Lipinski definition) is 5. The molecule has 0 saturated heterocycles. The molecule has 0 radical (unpaired) electrons. The summed E-state index contributed by atoms with van der Waals surface area (Å²) in [6, 6.07) is 7.96. The van der Waals surface area contributed by atoms with Gasteiger partial charge in [-0.15, -0.1) is 0 Å². The Bertz CT molecular complexity index is 1350. The molecule has 0 unspecified atom stereocenters. The Labute approximate surface area is 208 Å². The number of aryl methyl sites for hydroxylation is 1. The molecule has 1 N–H and O–H groups in total. The van der Waals surface area contributed by atoms with E-state index in [9.17, 15) is 0 Å². The number of benzene rings is 1. The fraction of sp³-hybridized carbons (Fsp3) is 0.192. The van der Waals surface area contributed by atoms with Crippen LogP contribution in [0.4, 0.5) is 0 Å². The van der Waals surface area contributed by atoms with Crippen LogP contribution in [0.25, 0.3) is 17.0 Å². The van der Waals surface area contributed by atoms with E-state index in [0.29, 0.717) is 0 Å². The van der Waals surface area contributed by atoms with Gasteiger partial charge in [-0.2, -0.15) is 5.10 Å². The Morgan fingerprint density at radius 2 is 1.97 bits per heavy atom. The maximum absolute atomic E-state index is 6.13. The molecule has 2 aliphatic rings. The second kappa shape index (κ2) is 9.91. The van der Waals surface area contributed by atoms with Crippen LogP contribution in [-0.4, -0.2) is 30.9 Å². The van der Waals surface area contributed by atoms with E-state index < -0.39 is 0 Å². The quantitative estimate of drug-likeness (QED) is 0.461. The maximum Gasteiger partial charge on any atom is 0.157 e. The average molecular weight is 489 g/mol. The van der Waals surface area contributed by atoms with Crippen molar-refractivity contribution >= 4 is 40.3 Å².